The Balaban J connectivity index is 2.36. The molecule has 0 aliphatic heterocycles. The number of sulfonamides is 1. The van der Waals surface area contributed by atoms with Gasteiger partial charge in [0, 0.05) is 30.3 Å². The summed E-state index contributed by atoms with van der Waals surface area (Å²) in [5.74, 6) is 0.936. The van der Waals surface area contributed by atoms with Gasteiger partial charge < -0.3 is 15.2 Å². The fourth-order valence-corrected chi connectivity index (χ4v) is 2.93. The van der Waals surface area contributed by atoms with Crippen LogP contribution >= 0.6 is 0 Å². The van der Waals surface area contributed by atoms with E-state index < -0.39 is 10.0 Å². The number of hydrogen-bond donors (Lipinski definition) is 3. The summed E-state index contributed by atoms with van der Waals surface area (Å²) in [5, 5.41) is 6.06. The molecular formula is C12H16N4O4S. The number of anilines is 1. The van der Waals surface area contributed by atoms with Gasteiger partial charge in [-0.3, -0.25) is 9.82 Å². The number of nitrogens with two attached hydrogens (primary N) is 1. The van der Waals surface area contributed by atoms with Crippen molar-refractivity contribution in [3.05, 3.63) is 30.0 Å². The minimum Gasteiger partial charge on any atom is -0.497 e. The average molecular weight is 312 g/mol. The maximum absolute atomic E-state index is 12.3. The number of ether oxygens (including phenoxy) is 2. The molecule has 0 radical (unpaired) electrons. The van der Waals surface area contributed by atoms with E-state index in [1.807, 2.05) is 0 Å². The van der Waals surface area contributed by atoms with Crippen LogP contribution in [0.15, 0.2) is 29.4 Å². The van der Waals surface area contributed by atoms with E-state index in [0.29, 0.717) is 22.7 Å². The summed E-state index contributed by atoms with van der Waals surface area (Å²) < 4.78 is 37.3. The third-order valence-corrected chi connectivity index (χ3v) is 4.17. The number of nitrogens with zero attached hydrogens (tertiary/aromatic N) is 1. The lowest BCUT2D eigenvalue weighted by atomic mass is 10.3. The van der Waals surface area contributed by atoms with Crippen molar-refractivity contribution in [2.24, 2.45) is 5.73 Å². The summed E-state index contributed by atoms with van der Waals surface area (Å²) in [4.78, 5) is 0. The van der Waals surface area contributed by atoms with Crippen LogP contribution in [0.1, 0.15) is 5.56 Å². The van der Waals surface area contributed by atoms with Crippen molar-refractivity contribution >= 4 is 15.7 Å². The molecule has 21 heavy (non-hydrogen) atoms. The molecule has 1 aromatic carbocycles. The first-order chi connectivity index (χ1) is 10.00. The first kappa shape index (κ1) is 15.1. The first-order valence-electron chi connectivity index (χ1n) is 5.98. The smallest absolute Gasteiger partial charge is 0.279 e. The Morgan fingerprint density at radius 1 is 1.24 bits per heavy atom. The van der Waals surface area contributed by atoms with Crippen molar-refractivity contribution in [1.29, 1.82) is 0 Å². The Morgan fingerprint density at radius 2 is 1.86 bits per heavy atom. The molecule has 2 aromatic rings. The molecule has 0 bridgehead atoms. The van der Waals surface area contributed by atoms with Gasteiger partial charge >= 0.3 is 0 Å². The van der Waals surface area contributed by atoms with Gasteiger partial charge in [0.2, 0.25) is 0 Å². The van der Waals surface area contributed by atoms with Crippen molar-refractivity contribution < 1.29 is 17.9 Å². The number of methoxy groups -OCH3 is 2. The molecule has 0 spiro atoms. The molecular weight excluding hydrogens is 296 g/mol. The average Bonchev–Trinajstić information content (AvgIpc) is 2.95. The van der Waals surface area contributed by atoms with Crippen LogP contribution in [0.5, 0.6) is 11.5 Å². The van der Waals surface area contributed by atoms with Crippen LogP contribution in [0.25, 0.3) is 0 Å². The van der Waals surface area contributed by atoms with E-state index in [4.69, 9.17) is 15.2 Å². The lowest BCUT2D eigenvalue weighted by Crippen LogP contribution is -2.16. The monoisotopic (exact) mass is 312 g/mol. The zero-order chi connectivity index (χ0) is 15.5. The lowest BCUT2D eigenvalue weighted by Gasteiger charge is -2.11. The van der Waals surface area contributed by atoms with Gasteiger partial charge in [0.05, 0.1) is 26.1 Å². The molecule has 0 unspecified atom stereocenters. The van der Waals surface area contributed by atoms with Crippen LogP contribution in [0.2, 0.25) is 0 Å². The molecule has 0 amide bonds. The second kappa shape index (κ2) is 6.02. The number of aromatic nitrogens is 2. The van der Waals surface area contributed by atoms with Crippen LogP contribution in [0.3, 0.4) is 0 Å². The molecule has 0 fully saturated rings. The SMILES string of the molecule is COc1cc(NS(=O)(=O)c2[nH]ncc2CN)cc(OC)c1. The molecule has 0 atom stereocenters. The lowest BCUT2D eigenvalue weighted by molar-refractivity contribution is 0.395. The highest BCUT2D eigenvalue weighted by Gasteiger charge is 2.20. The number of rotatable bonds is 6. The van der Waals surface area contributed by atoms with Crippen LogP contribution in [-0.4, -0.2) is 32.8 Å². The van der Waals surface area contributed by atoms with Gasteiger partial charge in [0.1, 0.15) is 11.5 Å². The summed E-state index contributed by atoms with van der Waals surface area (Å²) in [6.07, 6.45) is 1.38. The number of hydrogen-bond acceptors (Lipinski definition) is 6. The molecule has 0 aliphatic rings. The summed E-state index contributed by atoms with van der Waals surface area (Å²) in [6, 6.07) is 4.72. The van der Waals surface area contributed by atoms with Gasteiger partial charge in [-0.1, -0.05) is 0 Å². The molecule has 8 nitrogen and oxygen atoms in total. The third kappa shape index (κ3) is 3.26. The van der Waals surface area contributed by atoms with Crippen molar-refractivity contribution in [3.8, 4) is 11.5 Å². The number of nitrogens with one attached hydrogen (secondary N) is 2. The molecule has 2 rings (SSSR count). The predicted molar refractivity (Wildman–Crippen MR) is 76.8 cm³/mol. The van der Waals surface area contributed by atoms with Gasteiger partial charge in [-0.05, 0) is 0 Å². The Labute approximate surface area is 122 Å². The third-order valence-electron chi connectivity index (χ3n) is 2.77. The van der Waals surface area contributed by atoms with Gasteiger partial charge in [-0.25, -0.2) is 0 Å². The van der Waals surface area contributed by atoms with Crippen LogP contribution in [0, 0.1) is 0 Å². The summed E-state index contributed by atoms with van der Waals surface area (Å²) >= 11 is 0. The van der Waals surface area contributed by atoms with Gasteiger partial charge in [0.15, 0.2) is 5.03 Å². The largest absolute Gasteiger partial charge is 0.497 e. The van der Waals surface area contributed by atoms with E-state index in [0.717, 1.165) is 0 Å². The minimum absolute atomic E-state index is 0.0632. The maximum Gasteiger partial charge on any atom is 0.279 e. The van der Waals surface area contributed by atoms with Crippen LogP contribution < -0.4 is 19.9 Å². The predicted octanol–water partition coefficient (Wildman–Crippen LogP) is 0.686. The minimum atomic E-state index is -3.82. The number of benzene rings is 1. The van der Waals surface area contributed by atoms with Crippen molar-refractivity contribution in [2.75, 3.05) is 18.9 Å². The Kier molecular flexibility index (Phi) is 4.34. The summed E-state index contributed by atoms with van der Waals surface area (Å²) in [7, 11) is -0.861. The second-order valence-corrected chi connectivity index (χ2v) is 5.75. The second-order valence-electron chi connectivity index (χ2n) is 4.14. The highest BCUT2D eigenvalue weighted by Crippen LogP contribution is 2.27. The molecule has 0 saturated heterocycles. The van der Waals surface area contributed by atoms with Gasteiger partial charge in [-0.15, -0.1) is 0 Å². The standard InChI is InChI=1S/C12H16N4O4S/c1-19-10-3-9(4-11(5-10)20-2)16-21(17,18)12-8(6-13)7-14-15-12/h3-5,7,16H,6,13H2,1-2H3,(H,14,15). The van der Waals surface area contributed by atoms with E-state index in [1.165, 1.54) is 20.4 Å². The quantitative estimate of drug-likeness (QED) is 0.722. The number of aromatic amines is 1. The number of H-pyrrole nitrogens is 1. The molecule has 9 heteroatoms. The van der Waals surface area contributed by atoms with Crippen molar-refractivity contribution in [3.63, 3.8) is 0 Å². The molecule has 1 aromatic heterocycles. The molecule has 114 valence electrons. The Bertz CT molecular complexity index is 704. The van der Waals surface area contributed by atoms with Crippen molar-refractivity contribution in [1.82, 2.24) is 10.2 Å². The zero-order valence-electron chi connectivity index (χ0n) is 11.6. The molecule has 0 saturated carbocycles. The fourth-order valence-electron chi connectivity index (χ4n) is 1.75. The van der Waals surface area contributed by atoms with Crippen LogP contribution in [0.4, 0.5) is 5.69 Å². The molecule has 0 aliphatic carbocycles. The summed E-state index contributed by atoms with van der Waals surface area (Å²) in [5.41, 5.74) is 6.19. The summed E-state index contributed by atoms with van der Waals surface area (Å²) in [6.45, 7) is 0.0637. The first-order valence-corrected chi connectivity index (χ1v) is 7.46. The normalized spacial score (nSPS) is 11.2. The van der Waals surface area contributed by atoms with E-state index >= 15 is 0 Å². The Morgan fingerprint density at radius 3 is 2.38 bits per heavy atom. The van der Waals surface area contributed by atoms with E-state index in [2.05, 4.69) is 14.9 Å². The fraction of sp³-hybridized carbons (Fsp3) is 0.250. The van der Waals surface area contributed by atoms with Crippen LogP contribution in [-0.2, 0) is 16.6 Å². The highest BCUT2D eigenvalue weighted by atomic mass is 32.2. The van der Waals surface area contributed by atoms with E-state index in [1.54, 1.807) is 18.2 Å². The molecule has 4 N–H and O–H groups in total. The molecule has 1 heterocycles. The zero-order valence-corrected chi connectivity index (χ0v) is 12.4. The maximum atomic E-state index is 12.3. The topological polar surface area (TPSA) is 119 Å². The van der Waals surface area contributed by atoms with E-state index in [9.17, 15) is 8.42 Å². The van der Waals surface area contributed by atoms with E-state index in [-0.39, 0.29) is 11.6 Å². The Hall–Kier alpha value is -2.26. The van der Waals surface area contributed by atoms with Gasteiger partial charge in [-0.2, -0.15) is 13.5 Å². The van der Waals surface area contributed by atoms with Gasteiger partial charge in [0.25, 0.3) is 10.0 Å². The van der Waals surface area contributed by atoms with Crippen molar-refractivity contribution in [2.45, 2.75) is 11.6 Å². The highest BCUT2D eigenvalue weighted by molar-refractivity contribution is 7.92.